The van der Waals surface area contributed by atoms with Crippen molar-refractivity contribution in [3.63, 3.8) is 0 Å². The van der Waals surface area contributed by atoms with Gasteiger partial charge in [0.1, 0.15) is 11.5 Å². The summed E-state index contributed by atoms with van der Waals surface area (Å²) in [6, 6.07) is 10.1. The number of esters is 2. The number of carbonyl (C=O) groups is 2. The minimum absolute atomic E-state index is 0. The molecule has 0 bridgehead atoms. The van der Waals surface area contributed by atoms with E-state index in [2.05, 4.69) is 35.4 Å². The number of carbonyl (C=O) groups excluding carboxylic acids is 2. The van der Waals surface area contributed by atoms with Gasteiger partial charge < -0.3 is 38.7 Å². The van der Waals surface area contributed by atoms with Crippen molar-refractivity contribution in [3.8, 4) is 16.7 Å². The molecule has 0 unspecified atom stereocenters. The number of ether oxygens (including phenoxy) is 3. The second kappa shape index (κ2) is 15.2. The zero-order valence-electron chi connectivity index (χ0n) is 21.5. The molecule has 2 aliphatic rings. The fourth-order valence-electron chi connectivity index (χ4n) is 3.51. The zero-order chi connectivity index (χ0) is 29.5. The highest BCUT2D eigenvalue weighted by Crippen LogP contribution is 2.26. The van der Waals surface area contributed by atoms with Crippen LogP contribution in [0.3, 0.4) is 0 Å². The van der Waals surface area contributed by atoms with Crippen LogP contribution in [-0.2, 0) is 32.0 Å². The standard InChI is InChI=1S/C12H10BNO5S.C7H7BO3.C5H4BrNO2S.CH4/c1-17-11(15)10-6-20-12(14-10)19-8-3-2-7-5-18-13(16)9(7)4-8;9-6-2-1-5-4-11-8(10)7(5)3-6;1-9-4(8)3-2-10-5(6)7-3;/h2-4,6,16H,5H2,1H3;1-3,9-10H,4H2;2H,1H3;1H4. The summed E-state index contributed by atoms with van der Waals surface area (Å²) < 4.78 is 25.3. The molecule has 2 aliphatic heterocycles. The summed E-state index contributed by atoms with van der Waals surface area (Å²) in [6.07, 6.45) is 0. The van der Waals surface area contributed by atoms with Gasteiger partial charge in [0.05, 0.1) is 27.4 Å². The molecule has 0 radical (unpaired) electrons. The maximum absolute atomic E-state index is 11.3. The lowest BCUT2D eigenvalue weighted by Crippen LogP contribution is -2.27. The molecule has 0 saturated carbocycles. The largest absolute Gasteiger partial charge is 0.508 e. The van der Waals surface area contributed by atoms with Crippen LogP contribution in [0.2, 0.25) is 0 Å². The first-order chi connectivity index (χ1) is 19.7. The van der Waals surface area contributed by atoms with Crippen molar-refractivity contribution in [1.82, 2.24) is 9.97 Å². The third-order valence-electron chi connectivity index (χ3n) is 5.53. The molecular formula is C25H25B2BrN2O10S2. The Morgan fingerprint density at radius 1 is 0.881 bits per heavy atom. The van der Waals surface area contributed by atoms with Gasteiger partial charge in [-0.2, -0.15) is 4.98 Å². The Morgan fingerprint density at radius 3 is 2.00 bits per heavy atom. The molecule has 12 nitrogen and oxygen atoms in total. The van der Waals surface area contributed by atoms with Gasteiger partial charge in [0.2, 0.25) is 0 Å². The summed E-state index contributed by atoms with van der Waals surface area (Å²) in [5.74, 6) is -0.219. The summed E-state index contributed by atoms with van der Waals surface area (Å²) in [6.45, 7) is 0.817. The van der Waals surface area contributed by atoms with E-state index in [1.54, 1.807) is 35.0 Å². The van der Waals surface area contributed by atoms with Gasteiger partial charge in [0, 0.05) is 10.8 Å². The van der Waals surface area contributed by atoms with Crippen molar-refractivity contribution < 1.29 is 48.3 Å². The van der Waals surface area contributed by atoms with Crippen molar-refractivity contribution in [3.05, 3.63) is 73.6 Å². The van der Waals surface area contributed by atoms with Gasteiger partial charge in [-0.1, -0.05) is 30.9 Å². The van der Waals surface area contributed by atoms with Gasteiger partial charge in [0.25, 0.3) is 5.19 Å². The fraction of sp³-hybridized carbons (Fsp3) is 0.200. The highest BCUT2D eigenvalue weighted by Gasteiger charge is 2.28. The number of nitrogens with zero attached hydrogens (tertiary/aromatic N) is 2. The maximum Gasteiger partial charge on any atom is 0.491 e. The van der Waals surface area contributed by atoms with Crippen LogP contribution < -0.4 is 15.7 Å². The van der Waals surface area contributed by atoms with Crippen molar-refractivity contribution in [2.75, 3.05) is 14.2 Å². The molecule has 0 spiro atoms. The minimum Gasteiger partial charge on any atom is -0.508 e. The van der Waals surface area contributed by atoms with E-state index in [0.717, 1.165) is 11.1 Å². The number of thiazole rings is 2. The predicted octanol–water partition coefficient (Wildman–Crippen LogP) is 2.88. The van der Waals surface area contributed by atoms with Gasteiger partial charge >= 0.3 is 26.2 Å². The Kier molecular flexibility index (Phi) is 12.0. The van der Waals surface area contributed by atoms with E-state index in [1.807, 2.05) is 6.07 Å². The second-order valence-electron chi connectivity index (χ2n) is 8.14. The average molecular weight is 679 g/mol. The Morgan fingerprint density at radius 2 is 1.43 bits per heavy atom. The number of fused-ring (bicyclic) bond motifs is 2. The Bertz CT molecular complexity index is 1540. The first-order valence-electron chi connectivity index (χ1n) is 11.6. The molecule has 4 heterocycles. The SMILES string of the molecule is C.COC(=O)c1csc(Br)n1.COC(=O)c1csc(Oc2ccc3c(c2)B(O)OC3)n1.OB1OCc2ccc(O)cc21. The molecule has 0 aliphatic carbocycles. The quantitative estimate of drug-likeness (QED) is 0.214. The summed E-state index contributed by atoms with van der Waals surface area (Å²) >= 11 is 5.68. The van der Waals surface area contributed by atoms with Crippen molar-refractivity contribution in [2.45, 2.75) is 20.6 Å². The average Bonchev–Trinajstić information content (AvgIpc) is 3.78. The molecule has 17 heteroatoms. The zero-order valence-corrected chi connectivity index (χ0v) is 24.7. The summed E-state index contributed by atoms with van der Waals surface area (Å²) in [5.41, 5.74) is 3.78. The van der Waals surface area contributed by atoms with Crippen LogP contribution in [0.15, 0.2) is 51.1 Å². The summed E-state index contributed by atoms with van der Waals surface area (Å²) in [4.78, 5) is 29.9. The van der Waals surface area contributed by atoms with Crippen LogP contribution in [0.4, 0.5) is 0 Å². The number of benzene rings is 2. The molecule has 220 valence electrons. The van der Waals surface area contributed by atoms with E-state index < -0.39 is 26.2 Å². The number of hydrogen-bond donors (Lipinski definition) is 3. The molecule has 3 N–H and O–H groups in total. The van der Waals surface area contributed by atoms with E-state index >= 15 is 0 Å². The number of methoxy groups -OCH3 is 2. The first-order valence-corrected chi connectivity index (χ1v) is 14.2. The lowest BCUT2D eigenvalue weighted by molar-refractivity contribution is 0.0586. The monoisotopic (exact) mass is 678 g/mol. The molecule has 0 saturated heterocycles. The number of rotatable bonds is 4. The fourth-order valence-corrected chi connectivity index (χ4v) is 5.15. The third-order valence-corrected chi connectivity index (χ3v) is 7.61. The van der Waals surface area contributed by atoms with Crippen molar-refractivity contribution in [2.24, 2.45) is 0 Å². The highest BCUT2D eigenvalue weighted by atomic mass is 79.9. The lowest BCUT2D eigenvalue weighted by Gasteiger charge is -2.04. The van der Waals surface area contributed by atoms with Crippen LogP contribution in [0.25, 0.3) is 0 Å². The first kappa shape index (κ1) is 33.2. The summed E-state index contributed by atoms with van der Waals surface area (Å²) in [5, 5.41) is 31.4. The molecule has 0 atom stereocenters. The molecule has 6 rings (SSSR count). The highest BCUT2D eigenvalue weighted by molar-refractivity contribution is 9.11. The van der Waals surface area contributed by atoms with Gasteiger partial charge in [-0.05, 0) is 62.2 Å². The van der Waals surface area contributed by atoms with Crippen LogP contribution in [0.5, 0.6) is 16.7 Å². The smallest absolute Gasteiger partial charge is 0.491 e. The Hall–Kier alpha value is -3.31. The number of phenolic OH excluding ortho intramolecular Hbond substituents is 1. The van der Waals surface area contributed by atoms with Crippen LogP contribution in [0, 0.1) is 0 Å². The molecular weight excluding hydrogens is 654 g/mol. The molecule has 2 aromatic heterocycles. The van der Waals surface area contributed by atoms with E-state index in [4.69, 9.17) is 19.2 Å². The van der Waals surface area contributed by atoms with E-state index in [-0.39, 0.29) is 18.9 Å². The van der Waals surface area contributed by atoms with Crippen LogP contribution >= 0.6 is 38.6 Å². The van der Waals surface area contributed by atoms with Crippen molar-refractivity contribution >= 4 is 75.7 Å². The number of phenols is 1. The number of hydrogen-bond acceptors (Lipinski definition) is 14. The van der Waals surface area contributed by atoms with E-state index in [9.17, 15) is 19.6 Å². The Labute approximate surface area is 258 Å². The van der Waals surface area contributed by atoms with Crippen LogP contribution in [0.1, 0.15) is 39.5 Å². The molecule has 2 aromatic carbocycles. The number of aromatic hydroxyl groups is 1. The third kappa shape index (κ3) is 8.38. The maximum atomic E-state index is 11.3. The van der Waals surface area contributed by atoms with E-state index in [1.165, 1.54) is 43.0 Å². The molecule has 0 fully saturated rings. The van der Waals surface area contributed by atoms with Crippen molar-refractivity contribution in [1.29, 1.82) is 0 Å². The van der Waals surface area contributed by atoms with Crippen LogP contribution in [-0.4, -0.2) is 65.5 Å². The molecule has 0 amide bonds. The minimum atomic E-state index is -0.921. The number of aromatic nitrogens is 2. The lowest BCUT2D eigenvalue weighted by atomic mass is 9.79. The van der Waals surface area contributed by atoms with Gasteiger partial charge in [-0.3, -0.25) is 0 Å². The predicted molar refractivity (Wildman–Crippen MR) is 161 cm³/mol. The normalized spacial score (nSPS) is 12.5. The van der Waals surface area contributed by atoms with Gasteiger partial charge in [-0.25, -0.2) is 14.6 Å². The van der Waals surface area contributed by atoms with Gasteiger partial charge in [-0.15, -0.1) is 11.3 Å². The Balaban J connectivity index is 0.000000187. The number of halogens is 1. The second-order valence-corrected chi connectivity index (χ2v) is 11.1. The van der Waals surface area contributed by atoms with E-state index in [0.29, 0.717) is 44.7 Å². The topological polar surface area (TPSA) is 167 Å². The molecule has 4 aromatic rings. The summed E-state index contributed by atoms with van der Waals surface area (Å²) in [7, 11) is 0.840. The van der Waals surface area contributed by atoms with Gasteiger partial charge in [0.15, 0.2) is 15.3 Å². The molecule has 42 heavy (non-hydrogen) atoms.